The molecule has 0 amide bonds. The second-order valence-corrected chi connectivity index (χ2v) is 6.16. The van der Waals surface area contributed by atoms with Crippen molar-refractivity contribution in [3.8, 4) is 0 Å². The van der Waals surface area contributed by atoms with Crippen LogP contribution in [-0.2, 0) is 13.8 Å². The van der Waals surface area contributed by atoms with Gasteiger partial charge in [-0.3, -0.25) is 14.3 Å². The van der Waals surface area contributed by atoms with Gasteiger partial charge in [0.25, 0.3) is 5.56 Å². The van der Waals surface area contributed by atoms with Crippen molar-refractivity contribution < 1.29 is 18.7 Å². The molecule has 0 saturated carbocycles. The van der Waals surface area contributed by atoms with E-state index in [2.05, 4.69) is 29.5 Å². The molecular weight excluding hydrogens is 355 g/mol. The van der Waals surface area contributed by atoms with E-state index in [4.69, 9.17) is 20.9 Å². The maximum absolute atomic E-state index is 11.9. The number of nitrogens with one attached hydrogen (secondary N) is 1. The predicted octanol–water partition coefficient (Wildman–Crippen LogP) is 0.581. The highest BCUT2D eigenvalue weighted by Crippen LogP contribution is 2.38. The first-order valence-electron chi connectivity index (χ1n) is 7.13. The van der Waals surface area contributed by atoms with Gasteiger partial charge in [0.2, 0.25) is 5.95 Å². The first-order chi connectivity index (χ1) is 11.9. The van der Waals surface area contributed by atoms with Crippen LogP contribution >= 0.6 is 8.25 Å². The molecular formula is C11H14N8O5P+. The number of H-pyrrole nitrogens is 1. The third-order valence-corrected chi connectivity index (χ3v) is 4.31. The van der Waals surface area contributed by atoms with E-state index in [-0.39, 0.29) is 29.6 Å². The van der Waals surface area contributed by atoms with Gasteiger partial charge in [0.1, 0.15) is 12.8 Å². The van der Waals surface area contributed by atoms with Crippen LogP contribution in [0.3, 0.4) is 0 Å². The van der Waals surface area contributed by atoms with Gasteiger partial charge in [0.15, 0.2) is 11.2 Å². The molecule has 1 aliphatic rings. The maximum Gasteiger partial charge on any atom is 0.694 e. The smallest absolute Gasteiger partial charge is 0.369 e. The molecule has 4 N–H and O–H groups in total. The fourth-order valence-electron chi connectivity index (χ4n) is 2.85. The van der Waals surface area contributed by atoms with E-state index in [0.29, 0.717) is 0 Å². The van der Waals surface area contributed by atoms with Crippen molar-refractivity contribution in [3.05, 3.63) is 27.1 Å². The minimum Gasteiger partial charge on any atom is -0.369 e. The summed E-state index contributed by atoms with van der Waals surface area (Å²) in [4.78, 5) is 33.9. The monoisotopic (exact) mass is 369 g/mol. The van der Waals surface area contributed by atoms with Gasteiger partial charge in [-0.15, -0.1) is 9.42 Å². The Morgan fingerprint density at radius 3 is 3.12 bits per heavy atom. The summed E-state index contributed by atoms with van der Waals surface area (Å²) in [6.07, 6.45) is -0.0608. The second-order valence-electron chi connectivity index (χ2n) is 5.43. The van der Waals surface area contributed by atoms with E-state index in [0.717, 1.165) is 0 Å². The van der Waals surface area contributed by atoms with Crippen LogP contribution in [-0.4, -0.2) is 43.2 Å². The number of ether oxygens (including phenoxy) is 1. The zero-order valence-corrected chi connectivity index (χ0v) is 13.8. The van der Waals surface area contributed by atoms with E-state index in [1.807, 2.05) is 0 Å². The fraction of sp³-hybridized carbons (Fsp3) is 0.545. The van der Waals surface area contributed by atoms with Gasteiger partial charge in [-0.2, -0.15) is 4.98 Å². The number of nitrogens with two attached hydrogens (primary N) is 1. The van der Waals surface area contributed by atoms with E-state index < -0.39 is 32.2 Å². The van der Waals surface area contributed by atoms with Crippen LogP contribution in [0.1, 0.15) is 13.2 Å². The lowest BCUT2D eigenvalue weighted by atomic mass is 10.00. The first kappa shape index (κ1) is 17.3. The number of nitrogens with zero attached hydrogens (tertiary/aromatic N) is 6. The van der Waals surface area contributed by atoms with Gasteiger partial charge < -0.3 is 10.5 Å². The maximum atomic E-state index is 11.9. The van der Waals surface area contributed by atoms with Crippen LogP contribution < -0.4 is 11.3 Å². The van der Waals surface area contributed by atoms with Gasteiger partial charge in [-0.25, -0.2) is 4.98 Å². The summed E-state index contributed by atoms with van der Waals surface area (Å²) in [6, 6.07) is -0.651. The number of aromatic nitrogens is 4. The number of rotatable bonds is 5. The highest BCUT2D eigenvalue weighted by molar-refractivity contribution is 7.32. The van der Waals surface area contributed by atoms with Crippen molar-refractivity contribution in [2.75, 3.05) is 12.3 Å². The lowest BCUT2D eigenvalue weighted by molar-refractivity contribution is -0.0268. The molecule has 0 aromatic carbocycles. The fourth-order valence-corrected chi connectivity index (χ4v) is 3.13. The molecule has 0 spiro atoms. The van der Waals surface area contributed by atoms with Crippen molar-refractivity contribution >= 4 is 25.4 Å². The van der Waals surface area contributed by atoms with Crippen LogP contribution in [0.15, 0.2) is 16.2 Å². The highest BCUT2D eigenvalue weighted by Gasteiger charge is 2.44. The summed E-state index contributed by atoms with van der Waals surface area (Å²) in [5.74, 6) is -0.422. The van der Waals surface area contributed by atoms with Gasteiger partial charge in [0, 0.05) is 15.4 Å². The summed E-state index contributed by atoms with van der Waals surface area (Å²) in [5.41, 5.74) is 14.1. The van der Waals surface area contributed by atoms with Gasteiger partial charge >= 0.3 is 8.25 Å². The Kier molecular flexibility index (Phi) is 4.66. The number of hydrogen-bond acceptors (Lipinski definition) is 8. The molecule has 1 saturated heterocycles. The predicted molar refractivity (Wildman–Crippen MR) is 84.3 cm³/mol. The third-order valence-electron chi connectivity index (χ3n) is 3.94. The van der Waals surface area contributed by atoms with Crippen LogP contribution in [0.5, 0.6) is 0 Å². The SMILES string of the molecule is CC1C(N=[N+]=[N-])[C@@H](CO[P+](=O)O)O[C@H]1n1cnc2c(=O)[nH]c(N)nc21. The van der Waals surface area contributed by atoms with Crippen LogP contribution in [0, 0.1) is 5.92 Å². The molecule has 1 fully saturated rings. The van der Waals surface area contributed by atoms with Crippen molar-refractivity contribution in [2.45, 2.75) is 25.3 Å². The highest BCUT2D eigenvalue weighted by atomic mass is 31.1. The number of anilines is 1. The van der Waals surface area contributed by atoms with Gasteiger partial charge in [-0.05, 0) is 5.53 Å². The van der Waals surface area contributed by atoms with E-state index in [9.17, 15) is 9.36 Å². The van der Waals surface area contributed by atoms with Crippen LogP contribution in [0.4, 0.5) is 5.95 Å². The summed E-state index contributed by atoms with van der Waals surface area (Å²) >= 11 is 0. The molecule has 5 atom stereocenters. The normalized spacial score (nSPS) is 26.6. The first-order valence-corrected chi connectivity index (χ1v) is 8.26. The average molecular weight is 369 g/mol. The second kappa shape index (κ2) is 6.75. The molecule has 0 aliphatic carbocycles. The number of azide groups is 1. The Labute approximate surface area is 140 Å². The number of fused-ring (bicyclic) bond motifs is 1. The van der Waals surface area contributed by atoms with Crippen molar-refractivity contribution in [1.29, 1.82) is 0 Å². The zero-order chi connectivity index (χ0) is 18.1. The largest absolute Gasteiger partial charge is 0.694 e. The van der Waals surface area contributed by atoms with E-state index in [1.165, 1.54) is 10.9 Å². The Hall–Kier alpha value is -2.56. The molecule has 3 rings (SSSR count). The van der Waals surface area contributed by atoms with E-state index in [1.54, 1.807) is 6.92 Å². The van der Waals surface area contributed by atoms with Crippen molar-refractivity contribution in [3.63, 3.8) is 0 Å². The Balaban J connectivity index is 1.98. The number of hydrogen-bond donors (Lipinski definition) is 3. The zero-order valence-electron chi connectivity index (χ0n) is 12.9. The summed E-state index contributed by atoms with van der Waals surface area (Å²) in [7, 11) is -2.81. The van der Waals surface area contributed by atoms with Crippen LogP contribution in [0.2, 0.25) is 0 Å². The molecule has 2 aromatic rings. The average Bonchev–Trinajstić information content (AvgIpc) is 3.08. The van der Waals surface area contributed by atoms with Crippen molar-refractivity contribution in [1.82, 2.24) is 19.5 Å². The lowest BCUT2D eigenvalue weighted by Gasteiger charge is -2.17. The number of nitrogen functional groups attached to an aromatic ring is 1. The molecule has 3 heterocycles. The Morgan fingerprint density at radius 2 is 2.44 bits per heavy atom. The minimum absolute atomic E-state index is 0.0753. The van der Waals surface area contributed by atoms with Gasteiger partial charge in [0.05, 0.1) is 18.5 Å². The Morgan fingerprint density at radius 1 is 1.68 bits per heavy atom. The minimum atomic E-state index is -2.81. The van der Waals surface area contributed by atoms with Gasteiger partial charge in [-0.1, -0.05) is 12.0 Å². The summed E-state index contributed by atoms with van der Waals surface area (Å²) in [6.45, 7) is 1.53. The molecule has 14 heteroatoms. The molecule has 25 heavy (non-hydrogen) atoms. The Bertz CT molecular complexity index is 921. The molecule has 1 aliphatic heterocycles. The summed E-state index contributed by atoms with van der Waals surface area (Å²) < 4.78 is 22.8. The molecule has 132 valence electrons. The molecule has 3 unspecified atom stereocenters. The third kappa shape index (κ3) is 3.18. The number of imidazole rings is 1. The standard InChI is InChI=1S/C11H13N8O5P/c1-4-6(17-18-13)5(2-23-25(21)22)24-10(4)19-3-14-7-8(19)15-11(12)16-9(7)20/h3-6,10H,2H2,1H3,(H3-,12,15,16,20,21,22)/p+1/t4?,5-,6?,10-/m1/s1. The molecule has 0 bridgehead atoms. The molecule has 13 nitrogen and oxygen atoms in total. The van der Waals surface area contributed by atoms with E-state index >= 15 is 0 Å². The molecule has 0 radical (unpaired) electrons. The molecule has 2 aromatic heterocycles. The topological polar surface area (TPSA) is 194 Å². The lowest BCUT2D eigenvalue weighted by Crippen LogP contribution is -2.26. The number of aromatic amines is 1. The van der Waals surface area contributed by atoms with Crippen LogP contribution in [0.25, 0.3) is 21.6 Å². The van der Waals surface area contributed by atoms with Crippen molar-refractivity contribution in [2.24, 2.45) is 11.0 Å². The quantitative estimate of drug-likeness (QED) is 0.294. The summed E-state index contributed by atoms with van der Waals surface area (Å²) in [5, 5.41) is 3.69.